The van der Waals surface area contributed by atoms with Gasteiger partial charge in [-0.15, -0.1) is 5.53 Å². The van der Waals surface area contributed by atoms with Gasteiger partial charge in [0.1, 0.15) is 5.79 Å². The fraction of sp³-hybridized carbons (Fsp3) is 0.0667. The molecule has 0 fully saturated rings. The van der Waals surface area contributed by atoms with Crippen LogP contribution in [0.5, 0.6) is 0 Å². The molecule has 3 rings (SSSR count). The van der Waals surface area contributed by atoms with Gasteiger partial charge in [-0.25, -0.2) is 15.8 Å². The Kier molecular flexibility index (Phi) is 4.46. The van der Waals surface area contributed by atoms with Crippen molar-refractivity contribution in [1.82, 2.24) is 10.9 Å². The zero-order valence-corrected chi connectivity index (χ0v) is 13.6. The second kappa shape index (κ2) is 6.59. The summed E-state index contributed by atoms with van der Waals surface area (Å²) < 4.78 is 0. The Hall–Kier alpha value is -3.22. The monoisotopic (exact) mass is 357 g/mol. The number of fused-ring (bicyclic) bond motifs is 1. The topological polar surface area (TPSA) is 190 Å². The molecule has 136 valence electrons. The molecule has 1 aliphatic rings. The molecule has 2 aromatic carbocycles. The first-order valence-corrected chi connectivity index (χ1v) is 7.54. The van der Waals surface area contributed by atoms with Crippen LogP contribution in [0.4, 0.5) is 21.9 Å². The number of rotatable bonds is 3. The van der Waals surface area contributed by atoms with E-state index in [4.69, 9.17) is 23.0 Å². The van der Waals surface area contributed by atoms with Crippen molar-refractivity contribution in [1.29, 1.82) is 0 Å². The number of hydrogen-bond acceptors (Lipinski definition) is 9. The molecule has 2 aromatic rings. The third kappa shape index (κ3) is 3.72. The molecule has 0 atom stereocenters. The van der Waals surface area contributed by atoms with Crippen molar-refractivity contribution in [3.05, 3.63) is 53.6 Å². The van der Waals surface area contributed by atoms with Gasteiger partial charge in [0.15, 0.2) is 0 Å². The van der Waals surface area contributed by atoms with Crippen molar-refractivity contribution in [3.8, 4) is 0 Å². The summed E-state index contributed by atoms with van der Waals surface area (Å²) in [6.45, 7) is 0. The van der Waals surface area contributed by atoms with Crippen LogP contribution in [0.3, 0.4) is 0 Å². The Morgan fingerprint density at radius 2 is 1.85 bits per heavy atom. The standard InChI is InChI=1S/C15H19N9O2/c16-15(17,18)9-2-1-3-10(7-9)20-14(26)21-13(25)8-4-5-12-11(6-8)22-23-24(12)19/h1-7,22-23H,16-19H2,(H2,20,21,25,26). The number of carbonyl (C=O) groups is 2. The minimum Gasteiger partial charge on any atom is -0.308 e. The van der Waals surface area contributed by atoms with Crippen LogP contribution in [-0.4, -0.2) is 11.9 Å². The summed E-state index contributed by atoms with van der Waals surface area (Å²) in [4.78, 5) is 24.3. The summed E-state index contributed by atoms with van der Waals surface area (Å²) >= 11 is 0. The predicted octanol–water partition coefficient (Wildman–Crippen LogP) is -0.840. The highest BCUT2D eigenvalue weighted by molar-refractivity contribution is 6.08. The first-order chi connectivity index (χ1) is 12.2. The van der Waals surface area contributed by atoms with Gasteiger partial charge in [-0.2, -0.15) is 0 Å². The number of nitrogens with zero attached hydrogens (tertiary/aromatic N) is 1. The van der Waals surface area contributed by atoms with Gasteiger partial charge in [-0.3, -0.25) is 27.3 Å². The van der Waals surface area contributed by atoms with Crippen LogP contribution in [-0.2, 0) is 5.79 Å². The van der Waals surface area contributed by atoms with Crippen molar-refractivity contribution >= 4 is 29.0 Å². The number of amides is 3. The van der Waals surface area contributed by atoms with Crippen LogP contribution in [0, 0.1) is 0 Å². The molecule has 0 saturated heterocycles. The molecule has 0 saturated carbocycles. The lowest BCUT2D eigenvalue weighted by Gasteiger charge is -2.19. The summed E-state index contributed by atoms with van der Waals surface area (Å²) in [7, 11) is 0. The Morgan fingerprint density at radius 1 is 1.08 bits per heavy atom. The summed E-state index contributed by atoms with van der Waals surface area (Å²) in [6.07, 6.45) is 0. The maximum absolute atomic E-state index is 12.2. The van der Waals surface area contributed by atoms with Gasteiger partial charge in [0.2, 0.25) is 0 Å². The average molecular weight is 357 g/mol. The van der Waals surface area contributed by atoms with Gasteiger partial charge in [-0.05, 0) is 30.3 Å². The number of carbonyl (C=O) groups excluding carboxylic acids is 2. The van der Waals surface area contributed by atoms with Crippen LogP contribution in [0.25, 0.3) is 0 Å². The second-order valence-corrected chi connectivity index (χ2v) is 5.76. The normalized spacial score (nSPS) is 13.0. The summed E-state index contributed by atoms with van der Waals surface area (Å²) in [6, 6.07) is 10.4. The zero-order chi connectivity index (χ0) is 18.9. The molecule has 1 aliphatic heterocycles. The van der Waals surface area contributed by atoms with E-state index in [0.29, 0.717) is 22.6 Å². The maximum Gasteiger partial charge on any atom is 0.326 e. The third-order valence-corrected chi connectivity index (χ3v) is 3.68. The number of nitrogens with two attached hydrogens (primary N) is 4. The Morgan fingerprint density at radius 3 is 2.58 bits per heavy atom. The van der Waals surface area contributed by atoms with E-state index in [1.54, 1.807) is 36.4 Å². The maximum atomic E-state index is 12.2. The Labute approximate surface area is 148 Å². The van der Waals surface area contributed by atoms with Gasteiger partial charge in [0, 0.05) is 16.8 Å². The van der Waals surface area contributed by atoms with E-state index < -0.39 is 17.7 Å². The number of benzene rings is 2. The number of hydrazine groups is 3. The van der Waals surface area contributed by atoms with E-state index >= 15 is 0 Å². The molecular formula is C15H19N9O2. The van der Waals surface area contributed by atoms with Gasteiger partial charge >= 0.3 is 6.03 Å². The van der Waals surface area contributed by atoms with Crippen molar-refractivity contribution < 1.29 is 9.59 Å². The number of urea groups is 1. The lowest BCUT2D eigenvalue weighted by atomic mass is 10.1. The lowest BCUT2D eigenvalue weighted by Crippen LogP contribution is -2.54. The van der Waals surface area contributed by atoms with Crippen LogP contribution in [0.1, 0.15) is 15.9 Å². The Bertz CT molecular complexity index is 862. The molecular weight excluding hydrogens is 338 g/mol. The third-order valence-electron chi connectivity index (χ3n) is 3.68. The first-order valence-electron chi connectivity index (χ1n) is 7.54. The number of nitrogens with one attached hydrogen (secondary N) is 4. The second-order valence-electron chi connectivity index (χ2n) is 5.76. The van der Waals surface area contributed by atoms with E-state index in [-0.39, 0.29) is 5.56 Å². The van der Waals surface area contributed by atoms with E-state index in [2.05, 4.69) is 21.6 Å². The summed E-state index contributed by atoms with van der Waals surface area (Å²) in [5.41, 5.74) is 24.7. The molecule has 3 amide bonds. The first kappa shape index (κ1) is 17.6. The molecule has 11 heteroatoms. The molecule has 1 heterocycles. The Balaban J connectivity index is 1.66. The minimum atomic E-state index is -1.54. The molecule has 0 bridgehead atoms. The lowest BCUT2D eigenvalue weighted by molar-refractivity contribution is 0.0967. The van der Waals surface area contributed by atoms with Crippen molar-refractivity contribution in [2.45, 2.75) is 5.79 Å². The fourth-order valence-electron chi connectivity index (χ4n) is 2.37. The van der Waals surface area contributed by atoms with E-state index in [1.807, 2.05) is 0 Å². The molecule has 0 unspecified atom stereocenters. The molecule has 0 radical (unpaired) electrons. The number of hydrogen-bond donors (Lipinski definition) is 8. The predicted molar refractivity (Wildman–Crippen MR) is 97.0 cm³/mol. The van der Waals surface area contributed by atoms with Gasteiger partial charge in [-0.1, -0.05) is 12.1 Å². The molecule has 11 nitrogen and oxygen atoms in total. The van der Waals surface area contributed by atoms with Crippen LogP contribution in [0.15, 0.2) is 42.5 Å². The highest BCUT2D eigenvalue weighted by Gasteiger charge is 2.19. The summed E-state index contributed by atoms with van der Waals surface area (Å²) in [5, 5.41) is 6.02. The van der Waals surface area contributed by atoms with E-state index in [1.165, 1.54) is 11.2 Å². The highest BCUT2D eigenvalue weighted by Crippen LogP contribution is 2.27. The van der Waals surface area contributed by atoms with Crippen LogP contribution in [0.2, 0.25) is 0 Å². The molecule has 26 heavy (non-hydrogen) atoms. The SMILES string of the molecule is NN1NNc2cc(C(=O)NC(=O)Nc3cccc(C(N)(N)N)c3)ccc21. The van der Waals surface area contributed by atoms with Gasteiger partial charge in [0.25, 0.3) is 5.91 Å². The largest absolute Gasteiger partial charge is 0.326 e. The number of imide groups is 1. The van der Waals surface area contributed by atoms with Crippen molar-refractivity contribution in [3.63, 3.8) is 0 Å². The quantitative estimate of drug-likeness (QED) is 0.256. The van der Waals surface area contributed by atoms with Crippen molar-refractivity contribution in [2.75, 3.05) is 15.9 Å². The molecule has 12 N–H and O–H groups in total. The minimum absolute atomic E-state index is 0.280. The van der Waals surface area contributed by atoms with E-state index in [0.717, 1.165) is 0 Å². The van der Waals surface area contributed by atoms with Crippen LogP contribution < -0.4 is 49.8 Å². The highest BCUT2D eigenvalue weighted by atomic mass is 16.2. The van der Waals surface area contributed by atoms with Gasteiger partial charge in [0.05, 0.1) is 11.4 Å². The van der Waals surface area contributed by atoms with Gasteiger partial charge < -0.3 is 10.7 Å². The molecule has 0 aromatic heterocycles. The van der Waals surface area contributed by atoms with Crippen molar-refractivity contribution in [2.24, 2.45) is 23.0 Å². The smallest absolute Gasteiger partial charge is 0.308 e. The summed E-state index contributed by atoms with van der Waals surface area (Å²) in [5.74, 6) is 3.54. The fourth-order valence-corrected chi connectivity index (χ4v) is 2.37. The molecule has 0 aliphatic carbocycles. The van der Waals surface area contributed by atoms with E-state index in [9.17, 15) is 9.59 Å². The number of anilines is 3. The molecule has 0 spiro atoms. The van der Waals surface area contributed by atoms with Crippen LogP contribution >= 0.6 is 0 Å². The zero-order valence-electron chi connectivity index (χ0n) is 13.6. The average Bonchev–Trinajstić information content (AvgIpc) is 2.95.